The fourth-order valence-electron chi connectivity index (χ4n) is 2.64. The number of hydrogen-bond acceptors (Lipinski definition) is 5. The fraction of sp³-hybridized carbons (Fsp3) is 0.136. The van der Waals surface area contributed by atoms with Crippen LogP contribution in [0.2, 0.25) is 0 Å². The van der Waals surface area contributed by atoms with E-state index in [2.05, 4.69) is 15.6 Å². The first-order chi connectivity index (χ1) is 15.7. The second-order valence-electron chi connectivity index (χ2n) is 6.58. The molecule has 1 heterocycles. The van der Waals surface area contributed by atoms with E-state index in [1.165, 1.54) is 43.6 Å². The molecule has 2 N–H and O–H groups in total. The van der Waals surface area contributed by atoms with Crippen molar-refractivity contribution in [2.45, 2.75) is 12.7 Å². The van der Waals surface area contributed by atoms with Gasteiger partial charge in [0.15, 0.2) is 0 Å². The molecule has 0 saturated carbocycles. The standard InChI is InChI=1S/C22H17F4N3O4/c1-27-20(30)19-11-17(7-8-28-19)32-16-6-5-13(18(23)10-16)12-29-21(31)33-15-4-2-3-14(9-15)22(24,25)26/h2-11H,12H2,1H3,(H,27,30)(H,29,31). The van der Waals surface area contributed by atoms with E-state index in [9.17, 15) is 27.2 Å². The van der Waals surface area contributed by atoms with Crippen LogP contribution in [0.15, 0.2) is 60.8 Å². The first-order valence-corrected chi connectivity index (χ1v) is 9.43. The summed E-state index contributed by atoms with van der Waals surface area (Å²) in [7, 11) is 1.45. The molecule has 3 rings (SSSR count). The van der Waals surface area contributed by atoms with Crippen molar-refractivity contribution in [2.75, 3.05) is 7.05 Å². The molecule has 2 amide bonds. The molecule has 0 saturated heterocycles. The Morgan fingerprint density at radius 3 is 2.45 bits per heavy atom. The minimum absolute atomic E-state index is 0.0871. The van der Waals surface area contributed by atoms with E-state index in [0.29, 0.717) is 6.07 Å². The number of rotatable bonds is 6. The zero-order valence-electron chi connectivity index (χ0n) is 17.1. The maximum Gasteiger partial charge on any atom is 0.416 e. The molecule has 0 spiro atoms. The molecule has 0 aliphatic rings. The normalized spacial score (nSPS) is 10.9. The van der Waals surface area contributed by atoms with Crippen LogP contribution < -0.4 is 20.1 Å². The Kier molecular flexibility index (Phi) is 7.11. The summed E-state index contributed by atoms with van der Waals surface area (Å²) in [6.07, 6.45) is -4.26. The smallest absolute Gasteiger partial charge is 0.416 e. The Bertz CT molecular complexity index is 1170. The van der Waals surface area contributed by atoms with E-state index >= 15 is 0 Å². The Morgan fingerprint density at radius 2 is 1.76 bits per heavy atom. The number of halogens is 4. The van der Waals surface area contributed by atoms with Crippen LogP contribution in [0.5, 0.6) is 17.2 Å². The number of aromatic nitrogens is 1. The second-order valence-corrected chi connectivity index (χ2v) is 6.58. The quantitative estimate of drug-likeness (QED) is 0.519. The summed E-state index contributed by atoms with van der Waals surface area (Å²) in [6, 6.07) is 10.6. The molecule has 1 aromatic heterocycles. The van der Waals surface area contributed by atoms with E-state index in [-0.39, 0.29) is 35.1 Å². The Balaban J connectivity index is 1.60. The minimum Gasteiger partial charge on any atom is -0.457 e. The molecule has 172 valence electrons. The van der Waals surface area contributed by atoms with Crippen molar-refractivity contribution in [3.8, 4) is 17.2 Å². The van der Waals surface area contributed by atoms with Crippen molar-refractivity contribution >= 4 is 12.0 Å². The SMILES string of the molecule is CNC(=O)c1cc(Oc2ccc(CNC(=O)Oc3cccc(C(F)(F)F)c3)c(F)c2)ccn1. The number of nitrogens with zero attached hydrogens (tertiary/aromatic N) is 1. The number of amides is 2. The van der Waals surface area contributed by atoms with Gasteiger partial charge in [-0.1, -0.05) is 12.1 Å². The molecular formula is C22H17F4N3O4. The van der Waals surface area contributed by atoms with Gasteiger partial charge in [-0.15, -0.1) is 0 Å². The highest BCUT2D eigenvalue weighted by Crippen LogP contribution is 2.31. The van der Waals surface area contributed by atoms with Gasteiger partial charge in [-0.25, -0.2) is 9.18 Å². The molecule has 7 nitrogen and oxygen atoms in total. The van der Waals surface area contributed by atoms with Crippen molar-refractivity contribution in [1.82, 2.24) is 15.6 Å². The number of hydrogen-bond donors (Lipinski definition) is 2. The topological polar surface area (TPSA) is 89.6 Å². The van der Waals surface area contributed by atoms with Gasteiger partial charge in [-0.3, -0.25) is 9.78 Å². The molecule has 11 heteroatoms. The van der Waals surface area contributed by atoms with Crippen molar-refractivity contribution in [3.63, 3.8) is 0 Å². The molecule has 2 aromatic carbocycles. The lowest BCUT2D eigenvalue weighted by Gasteiger charge is -2.11. The minimum atomic E-state index is -4.58. The van der Waals surface area contributed by atoms with Crippen molar-refractivity contribution in [1.29, 1.82) is 0 Å². The fourth-order valence-corrected chi connectivity index (χ4v) is 2.64. The third kappa shape index (κ3) is 6.42. The van der Waals surface area contributed by atoms with Gasteiger partial charge in [0.1, 0.15) is 28.8 Å². The predicted octanol–water partition coefficient (Wildman–Crippen LogP) is 4.68. The molecule has 0 aliphatic heterocycles. The van der Waals surface area contributed by atoms with Crippen LogP contribution in [0.3, 0.4) is 0 Å². The highest BCUT2D eigenvalue weighted by molar-refractivity contribution is 5.92. The van der Waals surface area contributed by atoms with Crippen LogP contribution in [0.25, 0.3) is 0 Å². The third-order valence-electron chi connectivity index (χ3n) is 4.25. The number of benzene rings is 2. The number of carbonyl (C=O) groups is 2. The maximum absolute atomic E-state index is 14.4. The van der Waals surface area contributed by atoms with Crippen LogP contribution in [-0.4, -0.2) is 24.0 Å². The van der Waals surface area contributed by atoms with Gasteiger partial charge in [-0.2, -0.15) is 13.2 Å². The van der Waals surface area contributed by atoms with Gasteiger partial charge in [0, 0.05) is 37.5 Å². The predicted molar refractivity (Wildman–Crippen MR) is 108 cm³/mol. The molecule has 3 aromatic rings. The lowest BCUT2D eigenvalue weighted by molar-refractivity contribution is -0.137. The zero-order chi connectivity index (χ0) is 24.0. The van der Waals surface area contributed by atoms with Crippen LogP contribution in [0.4, 0.5) is 22.4 Å². The lowest BCUT2D eigenvalue weighted by Crippen LogP contribution is -2.26. The first kappa shape index (κ1) is 23.5. The van der Waals surface area contributed by atoms with E-state index < -0.39 is 29.6 Å². The number of nitrogens with one attached hydrogen (secondary N) is 2. The van der Waals surface area contributed by atoms with Gasteiger partial charge in [-0.05, 0) is 30.3 Å². The second kappa shape index (κ2) is 9.98. The molecular weight excluding hydrogens is 446 g/mol. The molecule has 0 unspecified atom stereocenters. The van der Waals surface area contributed by atoms with Crippen LogP contribution in [-0.2, 0) is 12.7 Å². The summed E-state index contributed by atoms with van der Waals surface area (Å²) >= 11 is 0. The number of ether oxygens (including phenoxy) is 2. The third-order valence-corrected chi connectivity index (χ3v) is 4.25. The monoisotopic (exact) mass is 463 g/mol. The summed E-state index contributed by atoms with van der Waals surface area (Å²) in [5.41, 5.74) is -0.759. The number of pyridine rings is 1. The summed E-state index contributed by atoms with van der Waals surface area (Å²) in [5.74, 6) is -1.02. The summed E-state index contributed by atoms with van der Waals surface area (Å²) in [4.78, 5) is 27.4. The molecule has 0 aliphatic carbocycles. The van der Waals surface area contributed by atoms with Crippen molar-refractivity contribution < 1.29 is 36.6 Å². The van der Waals surface area contributed by atoms with Crippen LogP contribution in [0, 0.1) is 5.82 Å². The summed E-state index contributed by atoms with van der Waals surface area (Å²) < 4.78 is 62.9. The van der Waals surface area contributed by atoms with E-state index in [4.69, 9.17) is 9.47 Å². The van der Waals surface area contributed by atoms with Crippen molar-refractivity contribution in [2.24, 2.45) is 0 Å². The van der Waals surface area contributed by atoms with Crippen LogP contribution >= 0.6 is 0 Å². The summed E-state index contributed by atoms with van der Waals surface area (Å²) in [6.45, 7) is -0.278. The van der Waals surface area contributed by atoms with Gasteiger partial charge in [0.25, 0.3) is 5.91 Å². The number of carbonyl (C=O) groups excluding carboxylic acids is 2. The average molecular weight is 463 g/mol. The maximum atomic E-state index is 14.4. The molecule has 0 fully saturated rings. The number of alkyl halides is 3. The van der Waals surface area contributed by atoms with E-state index in [1.54, 1.807) is 0 Å². The Hall–Kier alpha value is -4.15. The van der Waals surface area contributed by atoms with Crippen LogP contribution in [0.1, 0.15) is 21.6 Å². The zero-order valence-corrected chi connectivity index (χ0v) is 17.1. The lowest BCUT2D eigenvalue weighted by atomic mass is 10.2. The summed E-state index contributed by atoms with van der Waals surface area (Å²) in [5, 5.41) is 4.69. The molecule has 0 atom stereocenters. The van der Waals surface area contributed by atoms with Gasteiger partial charge >= 0.3 is 12.3 Å². The van der Waals surface area contributed by atoms with Gasteiger partial charge in [0.2, 0.25) is 0 Å². The molecule has 33 heavy (non-hydrogen) atoms. The van der Waals surface area contributed by atoms with Gasteiger partial charge in [0.05, 0.1) is 5.56 Å². The van der Waals surface area contributed by atoms with Gasteiger partial charge < -0.3 is 20.1 Å². The van der Waals surface area contributed by atoms with E-state index in [1.807, 2.05) is 0 Å². The largest absolute Gasteiger partial charge is 0.457 e. The first-order valence-electron chi connectivity index (χ1n) is 9.43. The highest BCUT2D eigenvalue weighted by Gasteiger charge is 2.30. The Labute approximate surface area is 185 Å². The molecule has 0 bridgehead atoms. The Morgan fingerprint density at radius 1 is 1.00 bits per heavy atom. The highest BCUT2D eigenvalue weighted by atomic mass is 19.4. The molecule has 0 radical (unpaired) electrons. The van der Waals surface area contributed by atoms with Crippen molar-refractivity contribution in [3.05, 3.63) is 83.4 Å². The average Bonchev–Trinajstić information content (AvgIpc) is 2.78. The van der Waals surface area contributed by atoms with E-state index in [0.717, 1.165) is 18.2 Å².